The maximum Gasteiger partial charge on any atom is 0.254 e. The van der Waals surface area contributed by atoms with Crippen LogP contribution in [0.2, 0.25) is 0 Å². The van der Waals surface area contributed by atoms with Gasteiger partial charge in [0.1, 0.15) is 17.1 Å². The van der Waals surface area contributed by atoms with Crippen molar-refractivity contribution < 1.29 is 9.53 Å². The highest BCUT2D eigenvalue weighted by Crippen LogP contribution is 2.33. The highest BCUT2D eigenvalue weighted by Gasteiger charge is 2.31. The molecule has 0 unspecified atom stereocenters. The molecule has 0 bridgehead atoms. The number of amides is 1. The summed E-state index contributed by atoms with van der Waals surface area (Å²) in [6.07, 6.45) is 5.93. The zero-order valence-electron chi connectivity index (χ0n) is 16.6. The van der Waals surface area contributed by atoms with E-state index >= 15 is 0 Å². The molecule has 4 heterocycles. The number of nitrogens with zero attached hydrogens (tertiary/aromatic N) is 5. The van der Waals surface area contributed by atoms with E-state index in [-0.39, 0.29) is 11.9 Å². The van der Waals surface area contributed by atoms with Crippen LogP contribution in [-0.2, 0) is 0 Å². The summed E-state index contributed by atoms with van der Waals surface area (Å²) in [4.78, 5) is 28.2. The highest BCUT2D eigenvalue weighted by molar-refractivity contribution is 5.94. The van der Waals surface area contributed by atoms with Crippen LogP contribution in [0, 0.1) is 0 Å². The second-order valence-corrected chi connectivity index (χ2v) is 7.31. The number of carbonyl (C=O) groups excluding carboxylic acids is 1. The second kappa shape index (κ2) is 7.59. The van der Waals surface area contributed by atoms with Crippen molar-refractivity contribution in [1.82, 2.24) is 24.4 Å². The second-order valence-electron chi connectivity index (χ2n) is 7.31. The number of benzene rings is 1. The van der Waals surface area contributed by atoms with E-state index < -0.39 is 0 Å². The molecule has 7 heteroatoms. The van der Waals surface area contributed by atoms with Gasteiger partial charge in [-0.1, -0.05) is 0 Å². The van der Waals surface area contributed by atoms with E-state index in [4.69, 9.17) is 9.72 Å². The molecule has 150 valence electrons. The average Bonchev–Trinajstić information content (AvgIpc) is 3.44. The molecule has 0 aliphatic carbocycles. The topological polar surface area (TPSA) is 73.1 Å². The lowest BCUT2D eigenvalue weighted by Gasteiger charge is -2.19. The first-order valence-electron chi connectivity index (χ1n) is 9.91. The Morgan fingerprint density at radius 3 is 2.63 bits per heavy atom. The lowest BCUT2D eigenvalue weighted by molar-refractivity contribution is 0.0788. The van der Waals surface area contributed by atoms with Gasteiger partial charge < -0.3 is 14.2 Å². The Morgan fingerprint density at radius 2 is 1.87 bits per heavy atom. The number of ether oxygens (including phenoxy) is 1. The number of hydrogen-bond acceptors (Lipinski definition) is 5. The van der Waals surface area contributed by atoms with E-state index in [1.165, 1.54) is 0 Å². The molecule has 7 nitrogen and oxygen atoms in total. The predicted molar refractivity (Wildman–Crippen MR) is 113 cm³/mol. The molecule has 4 aromatic rings. The molecular weight excluding hydrogens is 378 g/mol. The monoisotopic (exact) mass is 399 g/mol. The van der Waals surface area contributed by atoms with Gasteiger partial charge in [0.05, 0.1) is 13.2 Å². The van der Waals surface area contributed by atoms with Crippen LogP contribution < -0.4 is 4.74 Å². The summed E-state index contributed by atoms with van der Waals surface area (Å²) < 4.78 is 7.47. The first-order valence-corrected chi connectivity index (χ1v) is 9.91. The van der Waals surface area contributed by atoms with Gasteiger partial charge in [0, 0.05) is 42.8 Å². The summed E-state index contributed by atoms with van der Waals surface area (Å²) in [7, 11) is 1.65. The van der Waals surface area contributed by atoms with Crippen molar-refractivity contribution in [2.75, 3.05) is 20.2 Å². The van der Waals surface area contributed by atoms with Gasteiger partial charge in [-0.15, -0.1) is 0 Å². The van der Waals surface area contributed by atoms with Gasteiger partial charge in [0.15, 0.2) is 5.65 Å². The van der Waals surface area contributed by atoms with Crippen molar-refractivity contribution in [3.05, 3.63) is 72.7 Å². The molecule has 1 atom stereocenters. The fraction of sp³-hybridized carbons (Fsp3) is 0.217. The Labute approximate surface area is 174 Å². The lowest BCUT2D eigenvalue weighted by Crippen LogP contribution is -2.29. The number of carbonyl (C=O) groups is 1. The summed E-state index contributed by atoms with van der Waals surface area (Å²) in [5.41, 5.74) is 3.34. The van der Waals surface area contributed by atoms with Crippen molar-refractivity contribution >= 4 is 17.1 Å². The number of likely N-dealkylation sites (tertiary alicyclic amines) is 1. The van der Waals surface area contributed by atoms with E-state index in [1.54, 1.807) is 37.8 Å². The largest absolute Gasteiger partial charge is 0.497 e. The molecular formula is C23H21N5O2. The number of imidazole rings is 1. The van der Waals surface area contributed by atoms with Crippen LogP contribution in [0.5, 0.6) is 5.75 Å². The number of fused-ring (bicyclic) bond motifs is 1. The van der Waals surface area contributed by atoms with Gasteiger partial charge in [-0.3, -0.25) is 9.78 Å². The van der Waals surface area contributed by atoms with Crippen LogP contribution in [0.25, 0.3) is 22.6 Å². The van der Waals surface area contributed by atoms with Crippen molar-refractivity contribution in [3.63, 3.8) is 0 Å². The first kappa shape index (κ1) is 18.3. The Balaban J connectivity index is 1.51. The number of methoxy groups -OCH3 is 1. The normalized spacial score (nSPS) is 16.2. The van der Waals surface area contributed by atoms with Crippen LogP contribution in [0.3, 0.4) is 0 Å². The molecule has 0 N–H and O–H groups in total. The molecule has 1 saturated heterocycles. The quantitative estimate of drug-likeness (QED) is 0.524. The number of rotatable bonds is 4. The van der Waals surface area contributed by atoms with Crippen LogP contribution in [0.1, 0.15) is 22.8 Å². The van der Waals surface area contributed by atoms with E-state index in [0.717, 1.165) is 34.7 Å². The van der Waals surface area contributed by atoms with E-state index in [9.17, 15) is 4.79 Å². The molecule has 1 aliphatic rings. The number of pyridine rings is 2. The van der Waals surface area contributed by atoms with E-state index in [0.29, 0.717) is 18.7 Å². The lowest BCUT2D eigenvalue weighted by atomic mass is 10.2. The van der Waals surface area contributed by atoms with Crippen molar-refractivity contribution in [1.29, 1.82) is 0 Å². The summed E-state index contributed by atoms with van der Waals surface area (Å²) >= 11 is 0. The Hall–Kier alpha value is -3.74. The fourth-order valence-electron chi connectivity index (χ4n) is 4.03. The Bertz CT molecular complexity index is 1190. The molecule has 1 fully saturated rings. The van der Waals surface area contributed by atoms with Crippen LogP contribution in [0.15, 0.2) is 67.1 Å². The van der Waals surface area contributed by atoms with Gasteiger partial charge in [0.25, 0.3) is 5.91 Å². The zero-order valence-corrected chi connectivity index (χ0v) is 16.6. The summed E-state index contributed by atoms with van der Waals surface area (Å²) in [6, 6.07) is 15.4. The molecule has 3 aromatic heterocycles. The molecule has 0 saturated carbocycles. The predicted octanol–water partition coefficient (Wildman–Crippen LogP) is 3.59. The van der Waals surface area contributed by atoms with Gasteiger partial charge >= 0.3 is 0 Å². The molecule has 1 aromatic carbocycles. The van der Waals surface area contributed by atoms with Crippen molar-refractivity contribution in [2.45, 2.75) is 12.5 Å². The molecule has 30 heavy (non-hydrogen) atoms. The SMILES string of the molecule is COc1ccc(-c2nc3cccnc3n2[C@@H]2CCN(C(=O)c3ccncc3)C2)cc1. The first-order chi connectivity index (χ1) is 14.7. The maximum atomic E-state index is 12.9. The van der Waals surface area contributed by atoms with Gasteiger partial charge in [-0.25, -0.2) is 9.97 Å². The van der Waals surface area contributed by atoms with Gasteiger partial charge in [0.2, 0.25) is 0 Å². The third-order valence-electron chi connectivity index (χ3n) is 5.54. The van der Waals surface area contributed by atoms with Crippen LogP contribution >= 0.6 is 0 Å². The van der Waals surface area contributed by atoms with Crippen LogP contribution in [-0.4, -0.2) is 50.5 Å². The summed E-state index contributed by atoms with van der Waals surface area (Å²) in [5, 5.41) is 0. The van der Waals surface area contributed by atoms with E-state index in [1.807, 2.05) is 41.3 Å². The van der Waals surface area contributed by atoms with E-state index in [2.05, 4.69) is 14.5 Å². The van der Waals surface area contributed by atoms with Crippen LogP contribution in [0.4, 0.5) is 0 Å². The van der Waals surface area contributed by atoms with Gasteiger partial charge in [-0.2, -0.15) is 0 Å². The summed E-state index contributed by atoms with van der Waals surface area (Å²) in [5.74, 6) is 1.69. The smallest absolute Gasteiger partial charge is 0.254 e. The summed E-state index contributed by atoms with van der Waals surface area (Å²) in [6.45, 7) is 1.31. The van der Waals surface area contributed by atoms with Gasteiger partial charge in [-0.05, 0) is 55.0 Å². The molecule has 0 radical (unpaired) electrons. The average molecular weight is 399 g/mol. The highest BCUT2D eigenvalue weighted by atomic mass is 16.5. The minimum Gasteiger partial charge on any atom is -0.497 e. The van der Waals surface area contributed by atoms with Crippen molar-refractivity contribution in [3.8, 4) is 17.1 Å². The zero-order chi connectivity index (χ0) is 20.5. The fourth-order valence-corrected chi connectivity index (χ4v) is 4.03. The maximum absolute atomic E-state index is 12.9. The standard InChI is InChI=1S/C23H21N5O2/c1-30-19-6-4-16(5-7-19)21-26-20-3-2-11-25-22(20)28(21)18-10-14-27(15-18)23(29)17-8-12-24-13-9-17/h2-9,11-13,18H,10,14-15H2,1H3/t18-/m1/s1. The molecule has 0 spiro atoms. The molecule has 1 aliphatic heterocycles. The minimum atomic E-state index is 0.0308. The Morgan fingerprint density at radius 1 is 1.07 bits per heavy atom. The number of aromatic nitrogens is 4. The van der Waals surface area contributed by atoms with Crippen molar-refractivity contribution in [2.24, 2.45) is 0 Å². The molecule has 1 amide bonds. The minimum absolute atomic E-state index is 0.0308. The number of hydrogen-bond donors (Lipinski definition) is 0. The third-order valence-corrected chi connectivity index (χ3v) is 5.54. The Kier molecular flexibility index (Phi) is 4.63. The third kappa shape index (κ3) is 3.18. The molecule has 5 rings (SSSR count).